The maximum Gasteiger partial charge on any atom is 0.155 e. The molecule has 0 radical (unpaired) electrons. The van der Waals surface area contributed by atoms with Gasteiger partial charge in [0.1, 0.15) is 0 Å². The third-order valence-electron chi connectivity index (χ3n) is 8.52. The zero-order valence-corrected chi connectivity index (χ0v) is 14.8. The number of hydrogen-bond acceptors (Lipinski definition) is 2. The fraction of sp³-hybridized carbons (Fsp3) is 0.857. The zero-order chi connectivity index (χ0) is 16.2. The number of allylic oxidation sites excluding steroid dienone is 1. The van der Waals surface area contributed by atoms with Crippen molar-refractivity contribution in [1.82, 2.24) is 0 Å². The van der Waals surface area contributed by atoms with Gasteiger partial charge >= 0.3 is 0 Å². The SMILES string of the molecule is CC[C@@]1(O)CC[C@@H]2[C@H]3CCC4=CC(=O)CC[C@H]4[C@@H]3CC[C@]21CC. The van der Waals surface area contributed by atoms with Gasteiger partial charge in [0.2, 0.25) is 0 Å². The maximum atomic E-state index is 11.8. The molecule has 0 amide bonds. The van der Waals surface area contributed by atoms with Gasteiger partial charge in [0.05, 0.1) is 5.60 Å². The molecule has 0 aliphatic heterocycles. The van der Waals surface area contributed by atoms with Crippen LogP contribution in [-0.2, 0) is 4.79 Å². The molecule has 128 valence electrons. The molecule has 0 aromatic heterocycles. The van der Waals surface area contributed by atoms with Crippen molar-refractivity contribution in [3.8, 4) is 0 Å². The van der Waals surface area contributed by atoms with Gasteiger partial charge < -0.3 is 5.11 Å². The summed E-state index contributed by atoms with van der Waals surface area (Å²) >= 11 is 0. The Morgan fingerprint density at radius 3 is 2.61 bits per heavy atom. The molecule has 4 aliphatic carbocycles. The van der Waals surface area contributed by atoms with Crippen LogP contribution in [0.15, 0.2) is 11.6 Å². The molecule has 0 aromatic rings. The van der Waals surface area contributed by atoms with Crippen LogP contribution in [0.4, 0.5) is 0 Å². The summed E-state index contributed by atoms with van der Waals surface area (Å²) in [4.78, 5) is 11.8. The lowest BCUT2D eigenvalue weighted by molar-refractivity contribution is -0.132. The summed E-state index contributed by atoms with van der Waals surface area (Å²) in [6.45, 7) is 4.49. The van der Waals surface area contributed by atoms with Crippen molar-refractivity contribution in [3.63, 3.8) is 0 Å². The molecule has 0 saturated heterocycles. The second-order valence-corrected chi connectivity index (χ2v) is 8.78. The first kappa shape index (κ1) is 15.9. The molecule has 6 atom stereocenters. The Morgan fingerprint density at radius 1 is 1.04 bits per heavy atom. The van der Waals surface area contributed by atoms with E-state index < -0.39 is 5.60 Å². The van der Waals surface area contributed by atoms with Gasteiger partial charge in [-0.3, -0.25) is 4.79 Å². The largest absolute Gasteiger partial charge is 0.389 e. The Morgan fingerprint density at radius 2 is 1.87 bits per heavy atom. The van der Waals surface area contributed by atoms with E-state index in [1.165, 1.54) is 31.3 Å². The van der Waals surface area contributed by atoms with Gasteiger partial charge in [-0.2, -0.15) is 0 Å². The van der Waals surface area contributed by atoms with Crippen LogP contribution in [-0.4, -0.2) is 16.5 Å². The quantitative estimate of drug-likeness (QED) is 0.804. The van der Waals surface area contributed by atoms with Crippen LogP contribution in [0.25, 0.3) is 0 Å². The van der Waals surface area contributed by atoms with E-state index >= 15 is 0 Å². The van der Waals surface area contributed by atoms with Gasteiger partial charge in [0, 0.05) is 11.8 Å². The van der Waals surface area contributed by atoms with Crippen molar-refractivity contribution < 1.29 is 9.90 Å². The third-order valence-corrected chi connectivity index (χ3v) is 8.52. The molecule has 0 aromatic carbocycles. The number of fused-ring (bicyclic) bond motifs is 5. The summed E-state index contributed by atoms with van der Waals surface area (Å²) < 4.78 is 0. The van der Waals surface area contributed by atoms with Crippen LogP contribution in [0.2, 0.25) is 0 Å². The van der Waals surface area contributed by atoms with Crippen LogP contribution in [0.3, 0.4) is 0 Å². The van der Waals surface area contributed by atoms with E-state index in [4.69, 9.17) is 0 Å². The predicted octanol–water partition coefficient (Wildman–Crippen LogP) is 4.66. The minimum absolute atomic E-state index is 0.175. The molecule has 0 bridgehead atoms. The summed E-state index contributed by atoms with van der Waals surface area (Å²) in [5, 5.41) is 11.3. The molecular formula is C21H32O2. The number of rotatable bonds is 2. The topological polar surface area (TPSA) is 37.3 Å². The van der Waals surface area contributed by atoms with Crippen LogP contribution in [0.1, 0.15) is 78.1 Å². The molecule has 4 aliphatic rings. The summed E-state index contributed by atoms with van der Waals surface area (Å²) in [5.74, 6) is 3.33. The molecule has 3 saturated carbocycles. The smallest absolute Gasteiger partial charge is 0.155 e. The van der Waals surface area contributed by atoms with Crippen LogP contribution in [0.5, 0.6) is 0 Å². The highest BCUT2D eigenvalue weighted by Gasteiger charge is 2.62. The highest BCUT2D eigenvalue weighted by molar-refractivity contribution is 5.91. The molecule has 4 rings (SSSR count). The molecule has 0 spiro atoms. The second-order valence-electron chi connectivity index (χ2n) is 8.78. The summed E-state index contributed by atoms with van der Waals surface area (Å²) in [7, 11) is 0. The minimum Gasteiger partial charge on any atom is -0.389 e. The molecule has 2 nitrogen and oxygen atoms in total. The Kier molecular flexibility index (Phi) is 3.75. The van der Waals surface area contributed by atoms with Crippen LogP contribution >= 0.6 is 0 Å². The van der Waals surface area contributed by atoms with Gasteiger partial charge in [0.25, 0.3) is 0 Å². The van der Waals surface area contributed by atoms with Crippen molar-refractivity contribution in [2.75, 3.05) is 0 Å². The third kappa shape index (κ3) is 2.06. The molecule has 23 heavy (non-hydrogen) atoms. The average molecular weight is 316 g/mol. The van der Waals surface area contributed by atoms with E-state index in [0.717, 1.165) is 56.3 Å². The first-order valence-electron chi connectivity index (χ1n) is 10.0. The van der Waals surface area contributed by atoms with Gasteiger partial charge in [-0.15, -0.1) is 0 Å². The van der Waals surface area contributed by atoms with Gasteiger partial charge in [-0.05, 0) is 87.5 Å². The van der Waals surface area contributed by atoms with E-state index in [0.29, 0.717) is 11.7 Å². The number of carbonyl (C=O) groups is 1. The predicted molar refractivity (Wildman–Crippen MR) is 92.0 cm³/mol. The van der Waals surface area contributed by atoms with E-state index in [-0.39, 0.29) is 5.41 Å². The molecule has 0 heterocycles. The standard InChI is InChI=1S/C21H32O2/c1-3-20-11-9-17-16-8-6-15(22)13-14(16)5-7-18(17)19(20)10-12-21(20,23)4-2/h13,16-19,23H,3-12H2,1-2H3/t16-,17+,18+,19-,20-,21-/m1/s1. The Hall–Kier alpha value is -0.630. The summed E-state index contributed by atoms with van der Waals surface area (Å²) in [5.41, 5.74) is 1.22. The summed E-state index contributed by atoms with van der Waals surface area (Å²) in [6, 6.07) is 0. The highest BCUT2D eigenvalue weighted by Crippen LogP contribution is 2.66. The lowest BCUT2D eigenvalue weighted by Crippen LogP contribution is -2.53. The molecule has 3 fully saturated rings. The van der Waals surface area contributed by atoms with Crippen molar-refractivity contribution in [3.05, 3.63) is 11.6 Å². The first-order chi connectivity index (χ1) is 11.0. The van der Waals surface area contributed by atoms with Crippen molar-refractivity contribution in [2.24, 2.45) is 29.1 Å². The fourth-order valence-electron chi connectivity index (χ4n) is 7.40. The van der Waals surface area contributed by atoms with E-state index in [2.05, 4.69) is 13.8 Å². The lowest BCUT2D eigenvalue weighted by Gasteiger charge is -2.57. The zero-order valence-electron chi connectivity index (χ0n) is 14.8. The lowest BCUT2D eigenvalue weighted by atomic mass is 9.49. The number of aliphatic hydroxyl groups is 1. The van der Waals surface area contributed by atoms with Crippen LogP contribution < -0.4 is 0 Å². The average Bonchev–Trinajstić information content (AvgIpc) is 2.88. The Balaban J connectivity index is 1.65. The normalized spacial score (nSPS) is 49.2. The van der Waals surface area contributed by atoms with Crippen molar-refractivity contribution in [2.45, 2.75) is 83.7 Å². The maximum absolute atomic E-state index is 11.8. The van der Waals surface area contributed by atoms with Gasteiger partial charge in [0.15, 0.2) is 5.78 Å². The van der Waals surface area contributed by atoms with Crippen molar-refractivity contribution >= 4 is 5.78 Å². The molecule has 1 N–H and O–H groups in total. The minimum atomic E-state index is -0.421. The highest BCUT2D eigenvalue weighted by atomic mass is 16.3. The number of ketones is 1. The van der Waals surface area contributed by atoms with E-state index in [1.54, 1.807) is 0 Å². The van der Waals surface area contributed by atoms with Gasteiger partial charge in [-0.25, -0.2) is 0 Å². The van der Waals surface area contributed by atoms with E-state index in [9.17, 15) is 9.90 Å². The Labute approximate surface area is 140 Å². The summed E-state index contributed by atoms with van der Waals surface area (Å²) in [6.07, 6.45) is 13.0. The van der Waals surface area contributed by atoms with E-state index in [1.807, 2.05) is 6.08 Å². The monoisotopic (exact) mass is 316 g/mol. The van der Waals surface area contributed by atoms with Crippen LogP contribution in [0, 0.1) is 29.1 Å². The fourth-order valence-corrected chi connectivity index (χ4v) is 7.40. The van der Waals surface area contributed by atoms with Gasteiger partial charge in [-0.1, -0.05) is 19.4 Å². The Bertz CT molecular complexity index is 536. The molecular weight excluding hydrogens is 284 g/mol. The van der Waals surface area contributed by atoms with Crippen molar-refractivity contribution in [1.29, 1.82) is 0 Å². The number of hydrogen-bond donors (Lipinski definition) is 1. The first-order valence-corrected chi connectivity index (χ1v) is 10.0. The second kappa shape index (κ2) is 5.44. The number of carbonyl (C=O) groups excluding carboxylic acids is 1. The molecule has 0 unspecified atom stereocenters. The molecule has 2 heteroatoms.